The van der Waals surface area contributed by atoms with Gasteiger partial charge in [0.1, 0.15) is 12.4 Å². The fourth-order valence-corrected chi connectivity index (χ4v) is 3.20. The first-order valence-electron chi connectivity index (χ1n) is 9.70. The summed E-state index contributed by atoms with van der Waals surface area (Å²) in [6, 6.07) is 10.4. The molecule has 0 saturated carbocycles. The minimum absolute atomic E-state index is 0.500. The summed E-state index contributed by atoms with van der Waals surface area (Å²) in [6.45, 7) is 12.7. The molecule has 1 saturated heterocycles. The molecule has 0 radical (unpaired) electrons. The molecule has 0 spiro atoms. The van der Waals surface area contributed by atoms with Gasteiger partial charge in [-0.3, -0.25) is 9.89 Å². The SMILES string of the molecule is CCN1CCN(C(C)CNC(=NC)N(C)CCOc2ccccc2)CC1. The maximum atomic E-state index is 5.78. The Morgan fingerprint density at radius 2 is 1.92 bits per heavy atom. The minimum atomic E-state index is 0.500. The molecule has 1 aliphatic rings. The molecule has 6 nitrogen and oxygen atoms in total. The maximum absolute atomic E-state index is 5.78. The van der Waals surface area contributed by atoms with Crippen molar-refractivity contribution in [2.45, 2.75) is 19.9 Å². The molecule has 146 valence electrons. The summed E-state index contributed by atoms with van der Waals surface area (Å²) in [7, 11) is 3.88. The van der Waals surface area contributed by atoms with Crippen LogP contribution in [0.2, 0.25) is 0 Å². The van der Waals surface area contributed by atoms with Crippen LogP contribution in [0.4, 0.5) is 0 Å². The number of guanidine groups is 1. The number of nitrogens with one attached hydrogen (secondary N) is 1. The molecule has 0 amide bonds. The first kappa shape index (κ1) is 20.5. The number of benzene rings is 1. The van der Waals surface area contributed by atoms with Gasteiger partial charge >= 0.3 is 0 Å². The summed E-state index contributed by atoms with van der Waals surface area (Å²) in [5.41, 5.74) is 0. The normalized spacial score (nSPS) is 17.8. The molecule has 1 aromatic rings. The summed E-state index contributed by atoms with van der Waals surface area (Å²) in [4.78, 5) is 11.6. The van der Waals surface area contributed by atoms with E-state index in [1.807, 2.05) is 44.4 Å². The van der Waals surface area contributed by atoms with E-state index in [-0.39, 0.29) is 0 Å². The van der Waals surface area contributed by atoms with Gasteiger partial charge in [0.15, 0.2) is 5.96 Å². The Morgan fingerprint density at radius 3 is 2.54 bits per heavy atom. The van der Waals surface area contributed by atoms with E-state index in [0.29, 0.717) is 12.6 Å². The number of hydrogen-bond acceptors (Lipinski definition) is 4. The third-order valence-electron chi connectivity index (χ3n) is 5.05. The molecule has 1 fully saturated rings. The van der Waals surface area contributed by atoms with Crippen LogP contribution in [0.5, 0.6) is 5.75 Å². The average Bonchev–Trinajstić information content (AvgIpc) is 2.69. The lowest BCUT2D eigenvalue weighted by Gasteiger charge is -2.38. The standard InChI is InChI=1S/C20H35N5O/c1-5-24-11-13-25(14-12-24)18(2)17-22-20(21-3)23(4)15-16-26-19-9-7-6-8-10-19/h6-10,18H,5,11-17H2,1-4H3,(H,21,22). The van der Waals surface area contributed by atoms with Gasteiger partial charge in [-0.25, -0.2) is 0 Å². The summed E-state index contributed by atoms with van der Waals surface area (Å²) >= 11 is 0. The predicted octanol–water partition coefficient (Wildman–Crippen LogP) is 1.60. The smallest absolute Gasteiger partial charge is 0.193 e. The Bertz CT molecular complexity index is 528. The van der Waals surface area contributed by atoms with Gasteiger partial charge in [0.05, 0.1) is 6.54 Å². The molecule has 1 aliphatic heterocycles. The Morgan fingerprint density at radius 1 is 1.23 bits per heavy atom. The first-order valence-corrected chi connectivity index (χ1v) is 9.70. The minimum Gasteiger partial charge on any atom is -0.492 e. The van der Waals surface area contributed by atoms with Crippen molar-refractivity contribution in [1.82, 2.24) is 20.0 Å². The lowest BCUT2D eigenvalue weighted by molar-refractivity contribution is 0.107. The van der Waals surface area contributed by atoms with Crippen molar-refractivity contribution in [3.63, 3.8) is 0 Å². The van der Waals surface area contributed by atoms with E-state index < -0.39 is 0 Å². The largest absolute Gasteiger partial charge is 0.492 e. The Kier molecular flexibility index (Phi) is 8.71. The Labute approximate surface area is 158 Å². The van der Waals surface area contributed by atoms with Crippen LogP contribution in [0, 0.1) is 0 Å². The van der Waals surface area contributed by atoms with Crippen LogP contribution >= 0.6 is 0 Å². The van der Waals surface area contributed by atoms with Crippen molar-refractivity contribution < 1.29 is 4.74 Å². The quantitative estimate of drug-likeness (QED) is 0.563. The van der Waals surface area contributed by atoms with Crippen LogP contribution in [0.3, 0.4) is 0 Å². The molecule has 6 heteroatoms. The molecule has 1 N–H and O–H groups in total. The highest BCUT2D eigenvalue weighted by Gasteiger charge is 2.20. The van der Waals surface area contributed by atoms with Crippen LogP contribution in [-0.2, 0) is 0 Å². The van der Waals surface area contributed by atoms with Crippen LogP contribution in [0.25, 0.3) is 0 Å². The van der Waals surface area contributed by atoms with Crippen molar-refractivity contribution in [2.75, 3.05) is 66.5 Å². The zero-order valence-electron chi connectivity index (χ0n) is 16.8. The number of ether oxygens (including phenoxy) is 1. The van der Waals surface area contributed by atoms with Crippen molar-refractivity contribution in [1.29, 1.82) is 0 Å². The van der Waals surface area contributed by atoms with E-state index >= 15 is 0 Å². The van der Waals surface area contributed by atoms with Crippen LogP contribution in [0.15, 0.2) is 35.3 Å². The number of hydrogen-bond donors (Lipinski definition) is 1. The molecule has 1 aromatic carbocycles. The van der Waals surface area contributed by atoms with Gasteiger partial charge < -0.3 is 19.9 Å². The molecular formula is C20H35N5O. The van der Waals surface area contributed by atoms with Crippen molar-refractivity contribution in [3.05, 3.63) is 30.3 Å². The summed E-state index contributed by atoms with van der Waals surface area (Å²) in [5, 5.41) is 3.51. The topological polar surface area (TPSA) is 43.3 Å². The number of nitrogens with zero attached hydrogens (tertiary/aromatic N) is 4. The number of piperazine rings is 1. The third kappa shape index (κ3) is 6.50. The highest BCUT2D eigenvalue weighted by atomic mass is 16.5. The van der Waals surface area contributed by atoms with Crippen LogP contribution < -0.4 is 10.1 Å². The second-order valence-electron chi connectivity index (χ2n) is 6.83. The number of para-hydroxylation sites is 1. The molecule has 0 aliphatic carbocycles. The van der Waals surface area contributed by atoms with Crippen LogP contribution in [-0.4, -0.2) is 93.2 Å². The summed E-state index contributed by atoms with van der Waals surface area (Å²) < 4.78 is 5.78. The molecular weight excluding hydrogens is 326 g/mol. The van der Waals surface area contributed by atoms with Gasteiger partial charge in [-0.2, -0.15) is 0 Å². The Hall–Kier alpha value is -1.79. The molecule has 1 atom stereocenters. The first-order chi connectivity index (χ1) is 12.6. The highest BCUT2D eigenvalue weighted by molar-refractivity contribution is 5.79. The fraction of sp³-hybridized carbons (Fsp3) is 0.650. The number of likely N-dealkylation sites (N-methyl/N-ethyl adjacent to an activating group) is 2. The third-order valence-corrected chi connectivity index (χ3v) is 5.05. The van der Waals surface area contributed by atoms with Crippen LogP contribution in [0.1, 0.15) is 13.8 Å². The van der Waals surface area contributed by atoms with E-state index in [1.165, 1.54) is 13.1 Å². The number of rotatable bonds is 8. The van der Waals surface area contributed by atoms with Gasteiger partial charge in [0.2, 0.25) is 0 Å². The second-order valence-corrected chi connectivity index (χ2v) is 6.83. The lowest BCUT2D eigenvalue weighted by Crippen LogP contribution is -2.53. The molecule has 2 rings (SSSR count). The summed E-state index contributed by atoms with van der Waals surface area (Å²) in [5.74, 6) is 1.82. The highest BCUT2D eigenvalue weighted by Crippen LogP contribution is 2.08. The molecule has 26 heavy (non-hydrogen) atoms. The Balaban J connectivity index is 1.69. The van der Waals surface area contributed by atoms with E-state index in [4.69, 9.17) is 4.74 Å². The second kappa shape index (κ2) is 11.0. The lowest BCUT2D eigenvalue weighted by atomic mass is 10.2. The zero-order chi connectivity index (χ0) is 18.8. The van der Waals surface area contributed by atoms with Gasteiger partial charge in [0, 0.05) is 52.9 Å². The monoisotopic (exact) mass is 361 g/mol. The van der Waals surface area contributed by atoms with Gasteiger partial charge in [-0.1, -0.05) is 25.1 Å². The van der Waals surface area contributed by atoms with E-state index in [9.17, 15) is 0 Å². The number of aliphatic imine (C=N–C) groups is 1. The fourth-order valence-electron chi connectivity index (χ4n) is 3.20. The predicted molar refractivity (Wildman–Crippen MR) is 109 cm³/mol. The maximum Gasteiger partial charge on any atom is 0.193 e. The van der Waals surface area contributed by atoms with E-state index in [0.717, 1.165) is 44.4 Å². The van der Waals surface area contributed by atoms with Crippen molar-refractivity contribution in [3.8, 4) is 5.75 Å². The summed E-state index contributed by atoms with van der Waals surface area (Å²) in [6.07, 6.45) is 0. The van der Waals surface area contributed by atoms with Gasteiger partial charge in [-0.05, 0) is 25.6 Å². The molecule has 0 aromatic heterocycles. The van der Waals surface area contributed by atoms with Crippen molar-refractivity contribution >= 4 is 5.96 Å². The van der Waals surface area contributed by atoms with Gasteiger partial charge in [0.25, 0.3) is 0 Å². The van der Waals surface area contributed by atoms with Gasteiger partial charge in [-0.15, -0.1) is 0 Å². The van der Waals surface area contributed by atoms with Crippen molar-refractivity contribution in [2.24, 2.45) is 4.99 Å². The van der Waals surface area contributed by atoms with E-state index in [2.05, 4.69) is 38.9 Å². The zero-order valence-corrected chi connectivity index (χ0v) is 16.8. The average molecular weight is 362 g/mol. The molecule has 1 unspecified atom stereocenters. The molecule has 1 heterocycles. The molecule has 0 bridgehead atoms. The van der Waals surface area contributed by atoms with E-state index in [1.54, 1.807) is 0 Å².